The maximum atomic E-state index is 11.5. The summed E-state index contributed by atoms with van der Waals surface area (Å²) >= 11 is 0. The molecule has 0 saturated heterocycles. The standard InChI is InChI=1S/C13H9NO2/c1-8-11(15)7-6-10-13(8)16-12-5-3-2-4-9(12)14-10/h2-7H,1H3. The second kappa shape index (κ2) is 3.17. The Bertz CT molecular complexity index is 700. The van der Waals surface area contributed by atoms with Gasteiger partial charge >= 0.3 is 0 Å². The summed E-state index contributed by atoms with van der Waals surface area (Å²) in [6, 6.07) is 10.7. The largest absolute Gasteiger partial charge is 0.452 e. The Hall–Kier alpha value is -2.16. The number of fused-ring (bicyclic) bond motifs is 2. The summed E-state index contributed by atoms with van der Waals surface area (Å²) in [5.74, 6) is 0.575. The van der Waals surface area contributed by atoms with E-state index in [0.29, 0.717) is 16.9 Å². The Morgan fingerprint density at radius 2 is 1.94 bits per heavy atom. The zero-order chi connectivity index (χ0) is 11.1. The first kappa shape index (κ1) is 9.09. The third kappa shape index (κ3) is 1.21. The minimum Gasteiger partial charge on any atom is -0.452 e. The second-order valence-electron chi connectivity index (χ2n) is 3.72. The molecule has 3 rings (SSSR count). The molecular formula is C13H9NO2. The quantitative estimate of drug-likeness (QED) is 0.537. The van der Waals surface area contributed by atoms with E-state index in [1.807, 2.05) is 24.3 Å². The molecule has 1 aliphatic heterocycles. The Labute approximate surface area is 91.7 Å². The fourth-order valence-electron chi connectivity index (χ4n) is 1.75. The minimum absolute atomic E-state index is 0.0201. The second-order valence-corrected chi connectivity index (χ2v) is 3.72. The van der Waals surface area contributed by atoms with E-state index < -0.39 is 0 Å². The van der Waals surface area contributed by atoms with Crippen molar-refractivity contribution < 1.29 is 4.42 Å². The number of hydrogen-bond acceptors (Lipinski definition) is 3. The van der Waals surface area contributed by atoms with Crippen LogP contribution in [0.1, 0.15) is 5.56 Å². The number of aromatic nitrogens is 1. The molecule has 0 spiro atoms. The van der Waals surface area contributed by atoms with E-state index in [1.165, 1.54) is 6.07 Å². The van der Waals surface area contributed by atoms with Crippen LogP contribution < -0.4 is 5.43 Å². The Morgan fingerprint density at radius 3 is 2.81 bits per heavy atom. The van der Waals surface area contributed by atoms with Crippen molar-refractivity contribution in [2.45, 2.75) is 6.92 Å². The van der Waals surface area contributed by atoms with Crippen molar-refractivity contribution in [1.82, 2.24) is 4.98 Å². The molecule has 3 heteroatoms. The summed E-state index contributed by atoms with van der Waals surface area (Å²) in [6.45, 7) is 1.75. The predicted molar refractivity (Wildman–Crippen MR) is 61.6 cm³/mol. The molecular weight excluding hydrogens is 202 g/mol. The van der Waals surface area contributed by atoms with E-state index in [-0.39, 0.29) is 5.43 Å². The highest BCUT2D eigenvalue weighted by atomic mass is 16.3. The highest BCUT2D eigenvalue weighted by Crippen LogP contribution is 2.25. The smallest absolute Gasteiger partial charge is 0.185 e. The van der Waals surface area contributed by atoms with Gasteiger partial charge in [0.25, 0.3) is 0 Å². The van der Waals surface area contributed by atoms with Crippen molar-refractivity contribution in [2.24, 2.45) is 0 Å². The normalized spacial score (nSPS) is 11.1. The highest BCUT2D eigenvalue weighted by Gasteiger charge is 2.12. The van der Waals surface area contributed by atoms with E-state index in [9.17, 15) is 4.79 Å². The molecule has 0 atom stereocenters. The minimum atomic E-state index is -0.0201. The molecule has 0 saturated carbocycles. The third-order valence-corrected chi connectivity index (χ3v) is 2.65. The lowest BCUT2D eigenvalue weighted by molar-refractivity contribution is 0.608. The summed E-state index contributed by atoms with van der Waals surface area (Å²) < 4.78 is 5.70. The molecule has 78 valence electrons. The molecule has 0 fully saturated rings. The molecule has 1 aliphatic carbocycles. The average Bonchev–Trinajstić information content (AvgIpc) is 2.32. The van der Waals surface area contributed by atoms with Gasteiger partial charge in [0.2, 0.25) is 0 Å². The monoisotopic (exact) mass is 211 g/mol. The van der Waals surface area contributed by atoms with Crippen LogP contribution in [-0.4, -0.2) is 4.98 Å². The molecule has 1 aromatic rings. The number of benzene rings is 2. The predicted octanol–water partition coefficient (Wildman–Crippen LogP) is 2.60. The molecule has 2 aliphatic rings. The van der Waals surface area contributed by atoms with Crippen molar-refractivity contribution in [3.05, 3.63) is 52.2 Å². The van der Waals surface area contributed by atoms with Crippen molar-refractivity contribution in [3.63, 3.8) is 0 Å². The number of rotatable bonds is 0. The molecule has 0 aromatic heterocycles. The first-order chi connectivity index (χ1) is 7.75. The maximum Gasteiger partial charge on any atom is 0.185 e. The molecule has 0 radical (unpaired) electrons. The lowest BCUT2D eigenvalue weighted by Crippen LogP contribution is -2.06. The maximum absolute atomic E-state index is 11.5. The van der Waals surface area contributed by atoms with Gasteiger partial charge in [0.1, 0.15) is 11.2 Å². The van der Waals surface area contributed by atoms with Crippen LogP contribution in [0.15, 0.2) is 45.6 Å². The van der Waals surface area contributed by atoms with Crippen molar-refractivity contribution in [1.29, 1.82) is 0 Å². The van der Waals surface area contributed by atoms with Gasteiger partial charge in [0.15, 0.2) is 16.8 Å². The highest BCUT2D eigenvalue weighted by molar-refractivity contribution is 5.76. The van der Waals surface area contributed by atoms with Crippen LogP contribution in [0.4, 0.5) is 0 Å². The van der Waals surface area contributed by atoms with Gasteiger partial charge in [-0.25, -0.2) is 4.98 Å². The van der Waals surface area contributed by atoms with Crippen molar-refractivity contribution >= 4 is 11.1 Å². The average molecular weight is 211 g/mol. The lowest BCUT2D eigenvalue weighted by atomic mass is 10.1. The van der Waals surface area contributed by atoms with Crippen LogP contribution in [0.3, 0.4) is 0 Å². The number of nitrogens with zero attached hydrogens (tertiary/aromatic N) is 1. The third-order valence-electron chi connectivity index (χ3n) is 2.65. The van der Waals surface area contributed by atoms with Crippen LogP contribution in [-0.2, 0) is 0 Å². The van der Waals surface area contributed by atoms with Crippen LogP contribution in [0.5, 0.6) is 0 Å². The van der Waals surface area contributed by atoms with Crippen molar-refractivity contribution in [2.75, 3.05) is 0 Å². The van der Waals surface area contributed by atoms with Gasteiger partial charge in [-0.2, -0.15) is 0 Å². The summed E-state index contributed by atoms with van der Waals surface area (Å²) in [4.78, 5) is 15.9. The van der Waals surface area contributed by atoms with Gasteiger partial charge in [0.05, 0.1) is 0 Å². The fraction of sp³-hybridized carbons (Fsp3) is 0.0769. The number of hydrogen-bond donors (Lipinski definition) is 0. The van der Waals surface area contributed by atoms with Crippen molar-refractivity contribution in [3.8, 4) is 11.5 Å². The van der Waals surface area contributed by atoms with Gasteiger partial charge in [-0.15, -0.1) is 0 Å². The molecule has 0 N–H and O–H groups in total. The van der Waals surface area contributed by atoms with Gasteiger partial charge in [-0.1, -0.05) is 12.1 Å². The summed E-state index contributed by atoms with van der Waals surface area (Å²) in [5.41, 5.74) is 2.80. The molecule has 1 aromatic carbocycles. The van der Waals surface area contributed by atoms with Gasteiger partial charge < -0.3 is 4.42 Å². The molecule has 16 heavy (non-hydrogen) atoms. The van der Waals surface area contributed by atoms with Crippen LogP contribution >= 0.6 is 0 Å². The fourth-order valence-corrected chi connectivity index (χ4v) is 1.75. The zero-order valence-electron chi connectivity index (χ0n) is 8.73. The first-order valence-corrected chi connectivity index (χ1v) is 5.05. The first-order valence-electron chi connectivity index (χ1n) is 5.05. The van der Waals surface area contributed by atoms with E-state index in [1.54, 1.807) is 13.0 Å². The van der Waals surface area contributed by atoms with E-state index in [0.717, 1.165) is 11.2 Å². The Morgan fingerprint density at radius 1 is 1.12 bits per heavy atom. The zero-order valence-corrected chi connectivity index (χ0v) is 8.73. The summed E-state index contributed by atoms with van der Waals surface area (Å²) in [7, 11) is 0. The van der Waals surface area contributed by atoms with E-state index in [4.69, 9.17) is 4.42 Å². The van der Waals surface area contributed by atoms with Gasteiger partial charge in [-0.3, -0.25) is 4.79 Å². The summed E-state index contributed by atoms with van der Waals surface area (Å²) in [5, 5.41) is 0. The van der Waals surface area contributed by atoms with Gasteiger partial charge in [0, 0.05) is 5.56 Å². The Balaban J connectivity index is 2.52. The summed E-state index contributed by atoms with van der Waals surface area (Å²) in [6.07, 6.45) is 0. The molecule has 0 amide bonds. The SMILES string of the molecule is Cc1c2oc3ccccc3nc-2ccc1=O. The molecule has 0 bridgehead atoms. The van der Waals surface area contributed by atoms with Crippen LogP contribution in [0, 0.1) is 6.92 Å². The topological polar surface area (TPSA) is 43.1 Å². The van der Waals surface area contributed by atoms with Crippen LogP contribution in [0.25, 0.3) is 22.6 Å². The van der Waals surface area contributed by atoms with Gasteiger partial charge in [-0.05, 0) is 31.2 Å². The number of para-hydroxylation sites is 2. The lowest BCUT2D eigenvalue weighted by Gasteiger charge is -2.07. The molecule has 1 heterocycles. The Kier molecular flexibility index (Phi) is 1.80. The molecule has 3 nitrogen and oxygen atoms in total. The molecule has 0 unspecified atom stereocenters. The van der Waals surface area contributed by atoms with E-state index >= 15 is 0 Å². The van der Waals surface area contributed by atoms with Crippen LogP contribution in [0.2, 0.25) is 0 Å². The van der Waals surface area contributed by atoms with E-state index in [2.05, 4.69) is 4.98 Å².